The summed E-state index contributed by atoms with van der Waals surface area (Å²) in [7, 11) is 0. The predicted molar refractivity (Wildman–Crippen MR) is 146 cm³/mol. The molecule has 0 radical (unpaired) electrons. The van der Waals surface area contributed by atoms with E-state index in [0.717, 1.165) is 67.1 Å². The number of hydrogen-bond acceptors (Lipinski definition) is 5. The van der Waals surface area contributed by atoms with Crippen LogP contribution in [0.2, 0.25) is 0 Å². The topological polar surface area (TPSA) is 48.0 Å². The fourth-order valence-electron chi connectivity index (χ4n) is 3.84. The first-order valence-corrected chi connectivity index (χ1v) is 13.0. The van der Waals surface area contributed by atoms with Gasteiger partial charge in [0.25, 0.3) is 0 Å². The smallest absolute Gasteiger partial charge is 0.330 e. The van der Waals surface area contributed by atoms with Crippen LogP contribution in [-0.2, 0) is 14.3 Å². The number of ether oxygens (including phenoxy) is 3. The van der Waals surface area contributed by atoms with Crippen molar-refractivity contribution in [1.29, 1.82) is 0 Å². The van der Waals surface area contributed by atoms with Crippen molar-refractivity contribution in [3.05, 3.63) is 54.1 Å². The molecule has 0 spiro atoms. The van der Waals surface area contributed by atoms with Crippen molar-refractivity contribution in [3.8, 4) is 16.9 Å². The van der Waals surface area contributed by atoms with Gasteiger partial charge in [-0.25, -0.2) is 4.79 Å². The van der Waals surface area contributed by atoms with Crippen molar-refractivity contribution >= 4 is 17.7 Å². The highest BCUT2D eigenvalue weighted by Crippen LogP contribution is 2.30. The quantitative estimate of drug-likeness (QED) is 0.147. The van der Waals surface area contributed by atoms with E-state index in [2.05, 4.69) is 62.9 Å². The Kier molecular flexibility index (Phi) is 13.0. The molecule has 2 rings (SSSR count). The highest BCUT2D eigenvalue weighted by atomic mass is 16.5. The first-order chi connectivity index (χ1) is 17.0. The van der Waals surface area contributed by atoms with Crippen LogP contribution in [0.25, 0.3) is 17.2 Å². The molecule has 0 fully saturated rings. The number of unbranched alkanes of at least 4 members (excludes halogenated alkanes) is 1. The first kappa shape index (κ1) is 28.4. The third-order valence-electron chi connectivity index (χ3n) is 5.46. The van der Waals surface area contributed by atoms with Crippen molar-refractivity contribution in [2.24, 2.45) is 5.92 Å². The lowest BCUT2D eigenvalue weighted by atomic mass is 10.00. The van der Waals surface area contributed by atoms with Crippen LogP contribution >= 0.6 is 0 Å². The van der Waals surface area contributed by atoms with Crippen molar-refractivity contribution in [2.45, 2.75) is 53.9 Å². The molecule has 35 heavy (non-hydrogen) atoms. The van der Waals surface area contributed by atoms with Gasteiger partial charge in [-0.3, -0.25) is 0 Å². The molecule has 2 aromatic rings. The molecular formula is C30H43NO4. The van der Waals surface area contributed by atoms with Gasteiger partial charge in [-0.2, -0.15) is 0 Å². The third kappa shape index (κ3) is 10.2. The number of anilines is 1. The zero-order chi connectivity index (χ0) is 25.5. The first-order valence-electron chi connectivity index (χ1n) is 13.0. The summed E-state index contributed by atoms with van der Waals surface area (Å²) in [6.45, 7) is 14.8. The third-order valence-corrected chi connectivity index (χ3v) is 5.46. The van der Waals surface area contributed by atoms with E-state index in [-0.39, 0.29) is 5.97 Å². The summed E-state index contributed by atoms with van der Waals surface area (Å²) in [5, 5.41) is 0. The van der Waals surface area contributed by atoms with Gasteiger partial charge in [0, 0.05) is 31.5 Å². The van der Waals surface area contributed by atoms with E-state index in [1.54, 1.807) is 0 Å². The van der Waals surface area contributed by atoms with Crippen LogP contribution < -0.4 is 9.64 Å². The maximum atomic E-state index is 12.0. The summed E-state index contributed by atoms with van der Waals surface area (Å²) >= 11 is 0. The van der Waals surface area contributed by atoms with Crippen LogP contribution in [0.15, 0.2) is 48.5 Å². The molecule has 2 aromatic carbocycles. The summed E-state index contributed by atoms with van der Waals surface area (Å²) < 4.78 is 16.5. The molecule has 0 N–H and O–H groups in total. The zero-order valence-electron chi connectivity index (χ0n) is 22.2. The minimum Gasteiger partial charge on any atom is -0.491 e. The van der Waals surface area contributed by atoms with Gasteiger partial charge in [-0.05, 0) is 72.7 Å². The number of carbonyl (C=O) groups excluding carboxylic acids is 1. The van der Waals surface area contributed by atoms with Crippen LogP contribution in [0.4, 0.5) is 5.69 Å². The van der Waals surface area contributed by atoms with E-state index in [1.165, 1.54) is 6.08 Å². The molecule has 0 aliphatic carbocycles. The van der Waals surface area contributed by atoms with E-state index < -0.39 is 0 Å². The van der Waals surface area contributed by atoms with Gasteiger partial charge in [-0.1, -0.05) is 52.3 Å². The second-order valence-electron chi connectivity index (χ2n) is 9.04. The Labute approximate surface area is 212 Å². The molecule has 0 aliphatic heterocycles. The van der Waals surface area contributed by atoms with E-state index in [0.29, 0.717) is 25.7 Å². The Balaban J connectivity index is 2.22. The maximum Gasteiger partial charge on any atom is 0.330 e. The Bertz CT molecular complexity index is 905. The van der Waals surface area contributed by atoms with Crippen LogP contribution in [0.1, 0.15) is 59.4 Å². The number of esters is 1. The average molecular weight is 482 g/mol. The minimum atomic E-state index is -0.324. The van der Waals surface area contributed by atoms with E-state index in [4.69, 9.17) is 14.2 Å². The van der Waals surface area contributed by atoms with Gasteiger partial charge in [0.1, 0.15) is 12.4 Å². The number of benzene rings is 2. The lowest BCUT2D eigenvalue weighted by molar-refractivity contribution is -0.137. The summed E-state index contributed by atoms with van der Waals surface area (Å²) in [5.41, 5.74) is 4.33. The Morgan fingerprint density at radius 3 is 2.34 bits per heavy atom. The number of nitrogens with zero attached hydrogens (tertiary/aromatic N) is 1. The summed E-state index contributed by atoms with van der Waals surface area (Å²) in [6.07, 6.45) is 6.66. The highest BCUT2D eigenvalue weighted by Gasteiger charge is 2.13. The van der Waals surface area contributed by atoms with Crippen LogP contribution in [0.3, 0.4) is 0 Å². The van der Waals surface area contributed by atoms with Crippen molar-refractivity contribution in [2.75, 3.05) is 44.4 Å². The second kappa shape index (κ2) is 16.0. The van der Waals surface area contributed by atoms with Crippen LogP contribution in [0, 0.1) is 5.92 Å². The molecule has 192 valence electrons. The SMILES string of the molecule is CCCCOCCOc1ccc(-c2ccc(N(CCC)CC(C)C)c(C=CC(=O)OCC)c2)cc1. The normalized spacial score (nSPS) is 11.3. The molecular weight excluding hydrogens is 438 g/mol. The van der Waals surface area contributed by atoms with Gasteiger partial charge >= 0.3 is 5.97 Å². The van der Waals surface area contributed by atoms with Gasteiger partial charge in [0.05, 0.1) is 13.2 Å². The molecule has 5 heteroatoms. The predicted octanol–water partition coefficient (Wildman–Crippen LogP) is 7.00. The molecule has 5 nitrogen and oxygen atoms in total. The van der Waals surface area contributed by atoms with E-state index in [1.807, 2.05) is 25.1 Å². The van der Waals surface area contributed by atoms with Crippen molar-refractivity contribution < 1.29 is 19.0 Å². The largest absolute Gasteiger partial charge is 0.491 e. The van der Waals surface area contributed by atoms with Gasteiger partial charge < -0.3 is 19.1 Å². The van der Waals surface area contributed by atoms with E-state index in [9.17, 15) is 4.79 Å². The van der Waals surface area contributed by atoms with E-state index >= 15 is 0 Å². The number of carbonyl (C=O) groups is 1. The fraction of sp³-hybridized carbons (Fsp3) is 0.500. The van der Waals surface area contributed by atoms with Crippen molar-refractivity contribution in [3.63, 3.8) is 0 Å². The summed E-state index contributed by atoms with van der Waals surface area (Å²) in [5.74, 6) is 1.04. The van der Waals surface area contributed by atoms with Crippen molar-refractivity contribution in [1.82, 2.24) is 0 Å². The van der Waals surface area contributed by atoms with Crippen LogP contribution in [0.5, 0.6) is 5.75 Å². The lowest BCUT2D eigenvalue weighted by Crippen LogP contribution is -2.29. The molecule has 0 aromatic heterocycles. The van der Waals surface area contributed by atoms with Crippen LogP contribution in [-0.4, -0.2) is 45.5 Å². The molecule has 0 unspecified atom stereocenters. The molecule has 0 saturated heterocycles. The van der Waals surface area contributed by atoms with Gasteiger partial charge in [-0.15, -0.1) is 0 Å². The zero-order valence-corrected chi connectivity index (χ0v) is 22.2. The Morgan fingerprint density at radius 1 is 0.943 bits per heavy atom. The summed E-state index contributed by atoms with van der Waals surface area (Å²) in [4.78, 5) is 14.4. The standard InChI is InChI=1S/C30H43NO4/c1-6-9-19-33-20-21-35-28-14-10-25(11-15-28)26-12-16-29(31(18-7-2)23-24(4)5)27(22-26)13-17-30(32)34-8-3/h10-17,22,24H,6-9,18-21,23H2,1-5H3. The van der Waals surface area contributed by atoms with Gasteiger partial charge in [0.2, 0.25) is 0 Å². The number of hydrogen-bond donors (Lipinski definition) is 0. The maximum absolute atomic E-state index is 12.0. The number of rotatable bonds is 16. The monoisotopic (exact) mass is 481 g/mol. The second-order valence-corrected chi connectivity index (χ2v) is 9.04. The molecule has 0 bridgehead atoms. The summed E-state index contributed by atoms with van der Waals surface area (Å²) in [6, 6.07) is 14.6. The Hall–Kier alpha value is -2.79. The molecule has 0 heterocycles. The lowest BCUT2D eigenvalue weighted by Gasteiger charge is -2.28. The highest BCUT2D eigenvalue weighted by molar-refractivity contribution is 5.89. The molecule has 0 aliphatic rings. The average Bonchev–Trinajstić information content (AvgIpc) is 2.85. The Morgan fingerprint density at radius 2 is 1.69 bits per heavy atom. The molecule has 0 saturated carbocycles. The minimum absolute atomic E-state index is 0.324. The van der Waals surface area contributed by atoms with Gasteiger partial charge in [0.15, 0.2) is 0 Å². The molecule has 0 atom stereocenters. The fourth-order valence-corrected chi connectivity index (χ4v) is 3.84. The molecule has 0 amide bonds.